The van der Waals surface area contributed by atoms with Gasteiger partial charge in [-0.25, -0.2) is 0 Å². The number of methoxy groups -OCH3 is 1. The molecule has 3 fully saturated rings. The van der Waals surface area contributed by atoms with Gasteiger partial charge in [0.05, 0.1) is 53.4 Å². The molecule has 52 heavy (non-hydrogen) atoms. The highest BCUT2D eigenvalue weighted by molar-refractivity contribution is 5.88. The number of carbonyl (C=O) groups excluding carboxylic acids is 1. The molecule has 0 bridgehead atoms. The maximum atomic E-state index is 14.1. The number of esters is 1. The molecule has 6 N–H and O–H groups in total. The quantitative estimate of drug-likeness (QED) is 0.125. The highest BCUT2D eigenvalue weighted by Gasteiger charge is 2.53. The molecule has 0 spiro atoms. The molecule has 3 saturated heterocycles. The minimum Gasteiger partial charge on any atom is -0.459 e. The summed E-state index contributed by atoms with van der Waals surface area (Å²) in [5, 5.41) is 71.8. The van der Waals surface area contributed by atoms with E-state index in [9.17, 15) is 35.5 Å². The predicted octanol–water partition coefficient (Wildman–Crippen LogP) is 2.05. The van der Waals surface area contributed by atoms with Gasteiger partial charge >= 0.3 is 5.97 Å². The molecular weight excluding hydrogens is 680 g/mol. The highest BCUT2D eigenvalue weighted by atomic mass is 16.7. The van der Waals surface area contributed by atoms with E-state index < -0.39 is 102 Å². The minimum absolute atomic E-state index is 0.0657. The Balaban J connectivity index is 2.21. The molecule has 3 heterocycles. The van der Waals surface area contributed by atoms with Crippen molar-refractivity contribution in [1.82, 2.24) is 4.90 Å². The van der Waals surface area contributed by atoms with Crippen LogP contribution < -0.4 is 0 Å². The van der Waals surface area contributed by atoms with E-state index >= 15 is 0 Å². The average Bonchev–Trinajstić information content (AvgIpc) is 3.06. The number of carbonyl (C=O) groups is 1. The molecular formula is C37H68N2O13. The van der Waals surface area contributed by atoms with Crippen molar-refractivity contribution in [2.75, 3.05) is 21.2 Å². The molecule has 3 aliphatic rings. The van der Waals surface area contributed by atoms with E-state index in [1.807, 2.05) is 25.9 Å². The fraction of sp³-hybridized carbons (Fsp3) is 0.946. The summed E-state index contributed by atoms with van der Waals surface area (Å²) in [6.07, 6.45) is -9.51. The van der Waals surface area contributed by atoms with E-state index in [1.165, 1.54) is 14.0 Å². The van der Waals surface area contributed by atoms with E-state index in [2.05, 4.69) is 5.16 Å². The van der Waals surface area contributed by atoms with Crippen LogP contribution in [0.1, 0.15) is 94.9 Å². The molecule has 3 rings (SSSR count). The van der Waals surface area contributed by atoms with Crippen molar-refractivity contribution in [3.63, 3.8) is 0 Å². The number of aliphatic hydroxyl groups is 5. The Morgan fingerprint density at radius 1 is 0.923 bits per heavy atom. The molecule has 304 valence electrons. The van der Waals surface area contributed by atoms with Crippen molar-refractivity contribution >= 4 is 11.7 Å². The third-order valence-electron chi connectivity index (χ3n) is 12.0. The third kappa shape index (κ3) is 9.47. The maximum Gasteiger partial charge on any atom is 0.311 e. The summed E-state index contributed by atoms with van der Waals surface area (Å²) in [6.45, 7) is 16.6. The standard InChI is InChI=1S/C37H68N2O13/c1-14-25-37(10,45)30(41)20(4)27(38-46)18(2)16-35(8,44)32(52-34-28(40)24(39(11)12)15-19(3)48-34)21(5)29(22(6)33(43)50-25)51-26-17-36(9,47-13)31(42)23(7)49-26/h18-26,28-32,34,40-42,44-46H,14-17H2,1-13H3/b38-27+/t18-,19-,20+,21+,22-,23-,24+,25-,26-,28-,29+,30-,31-,32-,34-,35+,36+,37-/m1/s1. The van der Waals surface area contributed by atoms with Crippen molar-refractivity contribution in [3.8, 4) is 0 Å². The number of hydrogen-bond acceptors (Lipinski definition) is 15. The predicted molar refractivity (Wildman–Crippen MR) is 190 cm³/mol. The SMILES string of the molecule is CC[C@H]1OC(=O)[C@H](C)[C@@H](O[C@@H]2C[C@](C)(OC)[C@H](O)[C@@H](C)O2)[C@H](C)[C@@H](O[C@H]2O[C@H](C)C[C@H](N(C)C)[C@H]2O)[C@@](C)(O)C[C@@H](C)/C(=N\O)[C@H](C)[C@@H](O)[C@]1(C)O. The van der Waals surface area contributed by atoms with Gasteiger partial charge in [-0.1, -0.05) is 32.9 Å². The summed E-state index contributed by atoms with van der Waals surface area (Å²) >= 11 is 0. The molecule has 3 aliphatic heterocycles. The van der Waals surface area contributed by atoms with Gasteiger partial charge in [-0.2, -0.15) is 0 Å². The van der Waals surface area contributed by atoms with Crippen LogP contribution >= 0.6 is 0 Å². The number of nitrogens with zero attached hydrogens (tertiary/aromatic N) is 2. The van der Waals surface area contributed by atoms with Crippen molar-refractivity contribution in [2.45, 2.75) is 179 Å². The van der Waals surface area contributed by atoms with Crippen LogP contribution in [0.3, 0.4) is 0 Å². The monoisotopic (exact) mass is 748 g/mol. The van der Waals surface area contributed by atoms with Crippen LogP contribution in [0, 0.1) is 23.7 Å². The Morgan fingerprint density at radius 3 is 2.08 bits per heavy atom. The second-order valence-electron chi connectivity index (χ2n) is 16.6. The van der Waals surface area contributed by atoms with Crippen LogP contribution in [0.25, 0.3) is 0 Å². The van der Waals surface area contributed by atoms with Gasteiger partial charge in [0.1, 0.15) is 23.9 Å². The van der Waals surface area contributed by atoms with Crippen LogP contribution in [-0.2, 0) is 33.2 Å². The number of cyclic esters (lactones) is 1. The average molecular weight is 749 g/mol. The lowest BCUT2D eigenvalue weighted by Gasteiger charge is -2.49. The fourth-order valence-electron chi connectivity index (χ4n) is 8.61. The first-order valence-electron chi connectivity index (χ1n) is 18.7. The van der Waals surface area contributed by atoms with E-state index in [-0.39, 0.29) is 37.1 Å². The molecule has 0 aromatic heterocycles. The lowest BCUT2D eigenvalue weighted by Crippen LogP contribution is -2.61. The number of oxime groups is 1. The van der Waals surface area contributed by atoms with Crippen molar-refractivity contribution in [2.24, 2.45) is 28.8 Å². The second kappa shape index (κ2) is 17.5. The Kier molecular flexibility index (Phi) is 15.1. The normalized spacial score (nSPS) is 49.8. The Bertz CT molecular complexity index is 1200. The van der Waals surface area contributed by atoms with Crippen molar-refractivity contribution in [3.05, 3.63) is 0 Å². The lowest BCUT2D eigenvalue weighted by molar-refractivity contribution is -0.317. The molecule has 0 aliphatic carbocycles. The van der Waals surface area contributed by atoms with Crippen molar-refractivity contribution in [1.29, 1.82) is 0 Å². The number of ether oxygens (including phenoxy) is 6. The van der Waals surface area contributed by atoms with Gasteiger partial charge in [0, 0.05) is 37.3 Å². The summed E-state index contributed by atoms with van der Waals surface area (Å²) in [5.74, 6) is -4.24. The first-order valence-corrected chi connectivity index (χ1v) is 18.7. The van der Waals surface area contributed by atoms with E-state index in [0.29, 0.717) is 6.42 Å². The van der Waals surface area contributed by atoms with Crippen LogP contribution in [0.15, 0.2) is 5.16 Å². The molecule has 15 nitrogen and oxygen atoms in total. The first-order chi connectivity index (χ1) is 24.0. The van der Waals surface area contributed by atoms with Gasteiger partial charge in [-0.05, 0) is 74.9 Å². The topological polar surface area (TPSA) is 209 Å². The van der Waals surface area contributed by atoms with Gasteiger partial charge in [-0.15, -0.1) is 0 Å². The zero-order valence-electron chi connectivity index (χ0n) is 33.4. The molecule has 0 radical (unpaired) electrons. The summed E-state index contributed by atoms with van der Waals surface area (Å²) in [4.78, 5) is 16.0. The Labute approximate surface area is 309 Å². The van der Waals surface area contributed by atoms with E-state index in [1.54, 1.807) is 55.4 Å². The summed E-state index contributed by atoms with van der Waals surface area (Å²) in [7, 11) is 5.19. The smallest absolute Gasteiger partial charge is 0.311 e. The molecule has 0 aromatic carbocycles. The molecule has 0 aromatic rings. The zero-order valence-corrected chi connectivity index (χ0v) is 33.4. The van der Waals surface area contributed by atoms with Crippen LogP contribution in [-0.4, -0.2) is 153 Å². The summed E-state index contributed by atoms with van der Waals surface area (Å²) in [6, 6.07) is -0.322. The highest BCUT2D eigenvalue weighted by Crippen LogP contribution is 2.41. The fourth-order valence-corrected chi connectivity index (χ4v) is 8.61. The molecule has 0 unspecified atom stereocenters. The van der Waals surface area contributed by atoms with Crippen molar-refractivity contribution < 1.29 is 64.0 Å². The van der Waals surface area contributed by atoms with Gasteiger partial charge in [0.2, 0.25) is 0 Å². The summed E-state index contributed by atoms with van der Waals surface area (Å²) < 4.78 is 37.2. The van der Waals surface area contributed by atoms with Gasteiger partial charge < -0.3 is 64.1 Å². The number of rotatable bonds is 7. The zero-order chi connectivity index (χ0) is 39.7. The largest absolute Gasteiger partial charge is 0.459 e. The molecule has 18 atom stereocenters. The number of hydrogen-bond donors (Lipinski definition) is 6. The van der Waals surface area contributed by atoms with Crippen LogP contribution in [0.5, 0.6) is 0 Å². The number of aliphatic hydroxyl groups excluding tert-OH is 3. The van der Waals surface area contributed by atoms with Gasteiger partial charge in [0.25, 0.3) is 0 Å². The summed E-state index contributed by atoms with van der Waals surface area (Å²) in [5.41, 5.74) is -4.68. The first kappa shape index (κ1) is 44.9. The molecule has 15 heteroatoms. The second-order valence-corrected chi connectivity index (χ2v) is 16.6. The molecule has 0 amide bonds. The van der Waals surface area contributed by atoms with Gasteiger partial charge in [-0.3, -0.25) is 4.79 Å². The lowest BCUT2D eigenvalue weighted by atomic mass is 9.73. The van der Waals surface area contributed by atoms with Gasteiger partial charge in [0.15, 0.2) is 12.6 Å². The van der Waals surface area contributed by atoms with E-state index in [0.717, 1.165) is 0 Å². The Morgan fingerprint density at radius 2 is 1.54 bits per heavy atom. The molecule has 0 saturated carbocycles. The van der Waals surface area contributed by atoms with Crippen LogP contribution in [0.2, 0.25) is 0 Å². The minimum atomic E-state index is -1.97. The van der Waals surface area contributed by atoms with E-state index in [4.69, 9.17) is 28.4 Å². The third-order valence-corrected chi connectivity index (χ3v) is 12.0. The van der Waals surface area contributed by atoms with Crippen LogP contribution in [0.4, 0.5) is 0 Å². The maximum absolute atomic E-state index is 14.1. The number of likely N-dealkylation sites (N-methyl/N-ethyl adjacent to an activating group) is 1. The Hall–Kier alpha value is -1.50.